The zero-order valence-corrected chi connectivity index (χ0v) is 11.7. The molecule has 2 nitrogen and oxygen atoms in total. The quantitative estimate of drug-likeness (QED) is 0.845. The number of halogens is 1. The highest BCUT2D eigenvalue weighted by atomic mass is 32.2. The second kappa shape index (κ2) is 6.48. The highest BCUT2D eigenvalue weighted by Gasteiger charge is 2.12. The second-order valence-electron chi connectivity index (χ2n) is 4.46. The van der Waals surface area contributed by atoms with Crippen molar-refractivity contribution in [2.24, 2.45) is 0 Å². The third-order valence-electron chi connectivity index (χ3n) is 2.79. The number of hydrogen-bond donors (Lipinski definition) is 0. The van der Waals surface area contributed by atoms with Crippen molar-refractivity contribution < 1.29 is 12.8 Å². The molecule has 0 N–H and O–H groups in total. The number of benzene rings is 2. The summed E-state index contributed by atoms with van der Waals surface area (Å²) in [5.74, 6) is -0.863. The van der Waals surface area contributed by atoms with Gasteiger partial charge in [-0.1, -0.05) is 60.7 Å². The standard InChI is InChI=1S/C16H15FO2S/c17-16-11-5-4-10-15(16)13-20(18,19)12-6-9-14-7-2-1-3-8-14/h1-11H,12-13H2. The Hall–Kier alpha value is -1.94. The normalized spacial score (nSPS) is 11.8. The molecule has 2 aromatic carbocycles. The van der Waals surface area contributed by atoms with Crippen molar-refractivity contribution >= 4 is 15.9 Å². The molecule has 0 saturated carbocycles. The highest BCUT2D eigenvalue weighted by Crippen LogP contribution is 2.12. The lowest BCUT2D eigenvalue weighted by atomic mass is 10.2. The van der Waals surface area contributed by atoms with Gasteiger partial charge in [0.25, 0.3) is 0 Å². The molecule has 0 amide bonds. The van der Waals surface area contributed by atoms with Crippen LogP contribution >= 0.6 is 0 Å². The minimum atomic E-state index is -3.35. The number of rotatable bonds is 5. The lowest BCUT2D eigenvalue weighted by molar-refractivity contribution is 0.589. The Morgan fingerprint density at radius 2 is 1.60 bits per heavy atom. The van der Waals surface area contributed by atoms with Crippen molar-refractivity contribution in [3.63, 3.8) is 0 Å². The molecule has 4 heteroatoms. The molecule has 0 saturated heterocycles. The molecular formula is C16H15FO2S. The molecule has 0 aromatic heterocycles. The Balaban J connectivity index is 2.02. The molecule has 0 aliphatic rings. The van der Waals surface area contributed by atoms with Crippen LogP contribution in [-0.2, 0) is 15.6 Å². The Kier molecular flexibility index (Phi) is 4.69. The van der Waals surface area contributed by atoms with Crippen LogP contribution in [0.15, 0.2) is 60.7 Å². The largest absolute Gasteiger partial charge is 0.228 e. The first-order valence-corrected chi connectivity index (χ1v) is 8.04. The predicted molar refractivity (Wildman–Crippen MR) is 79.4 cm³/mol. The van der Waals surface area contributed by atoms with Crippen LogP contribution in [0.3, 0.4) is 0 Å². The van der Waals surface area contributed by atoms with Crippen LogP contribution < -0.4 is 0 Å². The van der Waals surface area contributed by atoms with Crippen molar-refractivity contribution in [1.82, 2.24) is 0 Å². The van der Waals surface area contributed by atoms with Gasteiger partial charge in [-0.15, -0.1) is 0 Å². The lowest BCUT2D eigenvalue weighted by Crippen LogP contribution is -2.08. The van der Waals surface area contributed by atoms with Crippen LogP contribution in [0.4, 0.5) is 4.39 Å². The van der Waals surface area contributed by atoms with E-state index in [0.717, 1.165) is 5.56 Å². The third-order valence-corrected chi connectivity index (χ3v) is 4.24. The topological polar surface area (TPSA) is 34.1 Å². The minimum absolute atomic E-state index is 0.101. The van der Waals surface area contributed by atoms with Gasteiger partial charge in [-0.2, -0.15) is 0 Å². The van der Waals surface area contributed by atoms with Gasteiger partial charge in [-0.3, -0.25) is 0 Å². The van der Waals surface area contributed by atoms with Crippen molar-refractivity contribution in [2.45, 2.75) is 5.75 Å². The Morgan fingerprint density at radius 3 is 2.30 bits per heavy atom. The summed E-state index contributed by atoms with van der Waals surface area (Å²) in [4.78, 5) is 0. The molecule has 0 aliphatic carbocycles. The van der Waals surface area contributed by atoms with Crippen molar-refractivity contribution in [1.29, 1.82) is 0 Å². The molecular weight excluding hydrogens is 275 g/mol. The molecule has 0 radical (unpaired) electrons. The molecule has 104 valence electrons. The molecule has 2 rings (SSSR count). The maximum atomic E-state index is 13.4. The summed E-state index contributed by atoms with van der Waals surface area (Å²) in [6, 6.07) is 15.4. The number of sulfone groups is 1. The first-order valence-electron chi connectivity index (χ1n) is 6.22. The summed E-state index contributed by atoms with van der Waals surface area (Å²) < 4.78 is 37.3. The fourth-order valence-corrected chi connectivity index (χ4v) is 3.02. The van der Waals surface area contributed by atoms with E-state index in [4.69, 9.17) is 0 Å². The van der Waals surface area contributed by atoms with E-state index in [-0.39, 0.29) is 17.1 Å². The first kappa shape index (κ1) is 14.5. The lowest BCUT2D eigenvalue weighted by Gasteiger charge is -2.03. The SMILES string of the molecule is O=S(=O)(CC=Cc1ccccc1)Cc1ccccc1F. The van der Waals surface area contributed by atoms with Crippen molar-refractivity contribution in [2.75, 3.05) is 5.75 Å². The molecule has 0 bridgehead atoms. The summed E-state index contributed by atoms with van der Waals surface area (Å²) in [7, 11) is -3.35. The van der Waals surface area contributed by atoms with Gasteiger partial charge >= 0.3 is 0 Å². The molecule has 0 aliphatic heterocycles. The fraction of sp³-hybridized carbons (Fsp3) is 0.125. The average molecular weight is 290 g/mol. The van der Waals surface area contributed by atoms with E-state index in [9.17, 15) is 12.8 Å². The van der Waals surface area contributed by atoms with Gasteiger partial charge in [0.15, 0.2) is 9.84 Å². The van der Waals surface area contributed by atoms with Crippen molar-refractivity contribution in [3.05, 3.63) is 77.6 Å². The second-order valence-corrected chi connectivity index (χ2v) is 6.57. The van der Waals surface area contributed by atoms with Gasteiger partial charge in [0.05, 0.1) is 11.5 Å². The summed E-state index contributed by atoms with van der Waals surface area (Å²) >= 11 is 0. The maximum absolute atomic E-state index is 13.4. The van der Waals surface area contributed by atoms with E-state index in [1.54, 1.807) is 24.3 Å². The molecule has 2 aromatic rings. The van der Waals surface area contributed by atoms with Gasteiger partial charge in [-0.25, -0.2) is 12.8 Å². The Labute approximate surface area is 118 Å². The van der Waals surface area contributed by atoms with Crippen LogP contribution in [0, 0.1) is 5.82 Å². The molecule has 0 unspecified atom stereocenters. The first-order chi connectivity index (χ1) is 9.57. The summed E-state index contributed by atoms with van der Waals surface area (Å²) in [6.07, 6.45) is 3.34. The summed E-state index contributed by atoms with van der Waals surface area (Å²) in [5.41, 5.74) is 1.15. The Morgan fingerprint density at radius 1 is 0.950 bits per heavy atom. The van der Waals surface area contributed by atoms with Gasteiger partial charge in [0.2, 0.25) is 0 Å². The van der Waals surface area contributed by atoms with Crippen LogP contribution in [-0.4, -0.2) is 14.2 Å². The average Bonchev–Trinajstić information content (AvgIpc) is 2.42. The van der Waals surface area contributed by atoms with E-state index in [1.807, 2.05) is 30.3 Å². The summed E-state index contributed by atoms with van der Waals surface area (Å²) in [5, 5.41) is 0. The molecule has 0 heterocycles. The van der Waals surface area contributed by atoms with E-state index < -0.39 is 15.7 Å². The van der Waals surface area contributed by atoms with Crippen LogP contribution in [0.5, 0.6) is 0 Å². The van der Waals surface area contributed by atoms with Gasteiger partial charge in [0, 0.05) is 5.56 Å². The smallest absolute Gasteiger partial charge is 0.158 e. The zero-order valence-electron chi connectivity index (χ0n) is 10.9. The van der Waals surface area contributed by atoms with E-state index in [0.29, 0.717) is 0 Å². The fourth-order valence-electron chi connectivity index (χ4n) is 1.81. The van der Waals surface area contributed by atoms with E-state index in [2.05, 4.69) is 0 Å². The van der Waals surface area contributed by atoms with Crippen molar-refractivity contribution in [3.8, 4) is 0 Å². The maximum Gasteiger partial charge on any atom is 0.158 e. The molecule has 0 spiro atoms. The third kappa shape index (κ3) is 4.31. The molecule has 0 fully saturated rings. The van der Waals surface area contributed by atoms with Gasteiger partial charge in [-0.05, 0) is 11.6 Å². The van der Waals surface area contributed by atoms with Crippen LogP contribution in [0.1, 0.15) is 11.1 Å². The minimum Gasteiger partial charge on any atom is -0.228 e. The predicted octanol–water partition coefficient (Wildman–Crippen LogP) is 3.45. The zero-order chi connectivity index (χ0) is 14.4. The molecule has 20 heavy (non-hydrogen) atoms. The monoisotopic (exact) mass is 290 g/mol. The summed E-state index contributed by atoms with van der Waals surface area (Å²) in [6.45, 7) is 0. The van der Waals surface area contributed by atoms with Crippen LogP contribution in [0.25, 0.3) is 6.08 Å². The van der Waals surface area contributed by atoms with Gasteiger partial charge in [0.1, 0.15) is 5.82 Å². The van der Waals surface area contributed by atoms with E-state index in [1.165, 1.54) is 12.1 Å². The van der Waals surface area contributed by atoms with E-state index >= 15 is 0 Å². The Bertz CT molecular complexity index is 691. The van der Waals surface area contributed by atoms with Crippen LogP contribution in [0.2, 0.25) is 0 Å². The number of hydrogen-bond acceptors (Lipinski definition) is 2. The van der Waals surface area contributed by atoms with Gasteiger partial charge < -0.3 is 0 Å². The molecule has 0 atom stereocenters. The highest BCUT2D eigenvalue weighted by molar-refractivity contribution is 7.90.